The average Bonchev–Trinajstić information content (AvgIpc) is 2.70. The van der Waals surface area contributed by atoms with E-state index in [0.717, 1.165) is 19.3 Å². The Morgan fingerprint density at radius 2 is 1.94 bits per heavy atom. The molecule has 1 aliphatic heterocycles. The van der Waals surface area contributed by atoms with Gasteiger partial charge in [0.25, 0.3) is 0 Å². The minimum atomic E-state index is -3.42. The first-order chi connectivity index (χ1) is 8.38. The summed E-state index contributed by atoms with van der Waals surface area (Å²) in [4.78, 5) is 10.5. The monoisotopic (exact) mass is 276 g/mol. The van der Waals surface area contributed by atoms with Crippen LogP contribution >= 0.6 is 0 Å². The summed E-state index contributed by atoms with van der Waals surface area (Å²) < 4.78 is 25.4. The third-order valence-electron chi connectivity index (χ3n) is 4.02. The molecule has 0 aromatic heterocycles. The molecule has 2 aliphatic rings. The van der Waals surface area contributed by atoms with Crippen molar-refractivity contribution in [3.05, 3.63) is 0 Å². The number of aliphatic carboxylic acids is 1. The predicted molar refractivity (Wildman–Crippen MR) is 66.4 cm³/mol. The van der Waals surface area contributed by atoms with Crippen molar-refractivity contribution in [3.63, 3.8) is 0 Å². The van der Waals surface area contributed by atoms with E-state index in [9.17, 15) is 13.2 Å². The molecule has 0 bridgehead atoms. The van der Waals surface area contributed by atoms with E-state index in [-0.39, 0.29) is 18.2 Å². The van der Waals surface area contributed by atoms with Gasteiger partial charge in [-0.05, 0) is 31.1 Å². The molecule has 2 fully saturated rings. The Labute approximate surface area is 107 Å². The number of nitrogens with zero attached hydrogens (tertiary/aromatic N) is 1. The van der Waals surface area contributed by atoms with Gasteiger partial charge in [-0.2, -0.15) is 0 Å². The van der Waals surface area contributed by atoms with Crippen LogP contribution in [0.3, 0.4) is 0 Å². The number of hydrogen-bond acceptors (Lipinski definition) is 4. The summed E-state index contributed by atoms with van der Waals surface area (Å²) in [5.74, 6) is -0.608. The molecule has 0 radical (unpaired) electrons. The Morgan fingerprint density at radius 3 is 2.61 bits per heavy atom. The van der Waals surface area contributed by atoms with Crippen molar-refractivity contribution in [2.75, 3.05) is 18.8 Å². The van der Waals surface area contributed by atoms with Crippen molar-refractivity contribution in [2.24, 2.45) is 17.6 Å². The van der Waals surface area contributed by atoms with E-state index < -0.39 is 16.0 Å². The van der Waals surface area contributed by atoms with E-state index in [1.807, 2.05) is 0 Å². The second-order valence-electron chi connectivity index (χ2n) is 5.37. The van der Waals surface area contributed by atoms with Crippen molar-refractivity contribution in [1.29, 1.82) is 0 Å². The largest absolute Gasteiger partial charge is 0.481 e. The fourth-order valence-corrected chi connectivity index (χ4v) is 4.53. The van der Waals surface area contributed by atoms with Crippen LogP contribution in [0.4, 0.5) is 0 Å². The summed E-state index contributed by atoms with van der Waals surface area (Å²) in [6.45, 7) is 1.06. The number of nitrogens with two attached hydrogens (primary N) is 1. The maximum Gasteiger partial charge on any atom is 0.304 e. The number of hydrogen-bond donors (Lipinski definition) is 2. The van der Waals surface area contributed by atoms with E-state index in [1.165, 1.54) is 4.31 Å². The van der Waals surface area contributed by atoms with Crippen LogP contribution in [-0.4, -0.2) is 48.7 Å². The smallest absolute Gasteiger partial charge is 0.304 e. The third kappa shape index (κ3) is 3.02. The Kier molecular flexibility index (Phi) is 3.93. The van der Waals surface area contributed by atoms with Crippen molar-refractivity contribution in [1.82, 2.24) is 4.31 Å². The van der Waals surface area contributed by atoms with E-state index in [4.69, 9.17) is 10.8 Å². The summed E-state index contributed by atoms with van der Waals surface area (Å²) in [7, 11) is -3.42. The van der Waals surface area contributed by atoms with Crippen LogP contribution < -0.4 is 5.73 Å². The number of sulfonamides is 1. The Hall–Kier alpha value is -0.660. The SMILES string of the molecule is NC1CC[C@@H]2CN(S(=O)(=O)CCC(=O)O)C[C@@H]2C1. The van der Waals surface area contributed by atoms with Gasteiger partial charge in [0.2, 0.25) is 10.0 Å². The second kappa shape index (κ2) is 5.14. The zero-order chi connectivity index (χ0) is 13.3. The molecule has 104 valence electrons. The van der Waals surface area contributed by atoms with Gasteiger partial charge in [-0.15, -0.1) is 0 Å². The summed E-state index contributed by atoms with van der Waals surface area (Å²) in [6.07, 6.45) is 2.50. The molecule has 1 saturated heterocycles. The van der Waals surface area contributed by atoms with Gasteiger partial charge >= 0.3 is 5.97 Å². The lowest BCUT2D eigenvalue weighted by Gasteiger charge is -2.28. The molecule has 0 amide bonds. The molecule has 3 N–H and O–H groups in total. The maximum atomic E-state index is 12.0. The average molecular weight is 276 g/mol. The van der Waals surface area contributed by atoms with Gasteiger partial charge in [0.1, 0.15) is 0 Å². The van der Waals surface area contributed by atoms with Crippen LogP contribution in [0.5, 0.6) is 0 Å². The van der Waals surface area contributed by atoms with Gasteiger partial charge in [0.15, 0.2) is 0 Å². The highest BCUT2D eigenvalue weighted by atomic mass is 32.2. The molecule has 1 heterocycles. The Balaban J connectivity index is 1.97. The van der Waals surface area contributed by atoms with Crippen LogP contribution in [0.2, 0.25) is 0 Å². The molecule has 0 spiro atoms. The van der Waals surface area contributed by atoms with Gasteiger partial charge in [0, 0.05) is 19.1 Å². The van der Waals surface area contributed by atoms with Gasteiger partial charge in [-0.1, -0.05) is 0 Å². The molecule has 6 nitrogen and oxygen atoms in total. The lowest BCUT2D eigenvalue weighted by Crippen LogP contribution is -2.33. The standard InChI is InChI=1S/C11H20N2O4S/c12-10-2-1-8-6-13(7-9(8)5-10)18(16,17)4-3-11(14)15/h8-10H,1-7,12H2,(H,14,15)/t8-,9+,10?/m1/s1. The van der Waals surface area contributed by atoms with E-state index in [0.29, 0.717) is 24.9 Å². The first-order valence-corrected chi connectivity index (χ1v) is 7.94. The molecule has 1 saturated carbocycles. The van der Waals surface area contributed by atoms with Crippen molar-refractivity contribution in [2.45, 2.75) is 31.7 Å². The molecular formula is C11H20N2O4S. The molecule has 0 aromatic rings. The number of carboxylic acids is 1. The number of rotatable bonds is 4. The number of carboxylic acid groups (broad SMARTS) is 1. The normalized spacial score (nSPS) is 33.3. The molecule has 3 atom stereocenters. The number of carbonyl (C=O) groups is 1. The summed E-state index contributed by atoms with van der Waals surface area (Å²) >= 11 is 0. The first kappa shape index (κ1) is 13.8. The Bertz CT molecular complexity index is 423. The molecule has 7 heteroatoms. The predicted octanol–water partition coefficient (Wildman–Crippen LogP) is -0.150. The van der Waals surface area contributed by atoms with Gasteiger partial charge in [0.05, 0.1) is 12.2 Å². The van der Waals surface area contributed by atoms with Gasteiger partial charge in [-0.25, -0.2) is 12.7 Å². The topological polar surface area (TPSA) is 101 Å². The minimum absolute atomic E-state index is 0.188. The van der Waals surface area contributed by atoms with Crippen molar-refractivity contribution < 1.29 is 18.3 Å². The van der Waals surface area contributed by atoms with Crippen LogP contribution in [0, 0.1) is 11.8 Å². The highest BCUT2D eigenvalue weighted by Gasteiger charge is 2.41. The minimum Gasteiger partial charge on any atom is -0.481 e. The van der Waals surface area contributed by atoms with Gasteiger partial charge in [-0.3, -0.25) is 4.79 Å². The van der Waals surface area contributed by atoms with Crippen LogP contribution in [-0.2, 0) is 14.8 Å². The summed E-state index contributed by atoms with van der Waals surface area (Å²) in [5, 5.41) is 8.56. The maximum absolute atomic E-state index is 12.0. The Morgan fingerprint density at radius 1 is 1.28 bits per heavy atom. The first-order valence-electron chi connectivity index (χ1n) is 6.33. The molecule has 1 aliphatic carbocycles. The van der Waals surface area contributed by atoms with Gasteiger partial charge < -0.3 is 10.8 Å². The highest BCUT2D eigenvalue weighted by molar-refractivity contribution is 7.89. The second-order valence-corrected chi connectivity index (χ2v) is 7.46. The van der Waals surface area contributed by atoms with Crippen molar-refractivity contribution >= 4 is 16.0 Å². The fourth-order valence-electron chi connectivity index (χ4n) is 3.00. The lowest BCUT2D eigenvalue weighted by atomic mass is 9.79. The number of fused-ring (bicyclic) bond motifs is 1. The molecule has 18 heavy (non-hydrogen) atoms. The van der Waals surface area contributed by atoms with Crippen LogP contribution in [0.1, 0.15) is 25.7 Å². The highest BCUT2D eigenvalue weighted by Crippen LogP contribution is 2.36. The molecule has 1 unspecified atom stereocenters. The van der Waals surface area contributed by atoms with Crippen molar-refractivity contribution in [3.8, 4) is 0 Å². The lowest BCUT2D eigenvalue weighted by molar-refractivity contribution is -0.136. The zero-order valence-electron chi connectivity index (χ0n) is 10.3. The third-order valence-corrected chi connectivity index (χ3v) is 5.83. The molecule has 2 rings (SSSR count). The van der Waals surface area contributed by atoms with Crippen LogP contribution in [0.15, 0.2) is 0 Å². The molecular weight excluding hydrogens is 256 g/mol. The molecule has 0 aromatic carbocycles. The van der Waals surface area contributed by atoms with Crippen LogP contribution in [0.25, 0.3) is 0 Å². The zero-order valence-corrected chi connectivity index (χ0v) is 11.1. The van der Waals surface area contributed by atoms with E-state index >= 15 is 0 Å². The quantitative estimate of drug-likeness (QED) is 0.743. The van der Waals surface area contributed by atoms with E-state index in [1.54, 1.807) is 0 Å². The van der Waals surface area contributed by atoms with E-state index in [2.05, 4.69) is 0 Å². The summed E-state index contributed by atoms with van der Waals surface area (Å²) in [6, 6.07) is 0.188. The summed E-state index contributed by atoms with van der Waals surface area (Å²) in [5.41, 5.74) is 5.90. The fraction of sp³-hybridized carbons (Fsp3) is 0.909.